The fourth-order valence-electron chi connectivity index (χ4n) is 2.23. The molecule has 0 heterocycles. The van der Waals surface area contributed by atoms with Gasteiger partial charge in [0.1, 0.15) is 12.4 Å². The highest BCUT2D eigenvalue weighted by Gasteiger charge is 2.04. The molecule has 4 nitrogen and oxygen atoms in total. The van der Waals surface area contributed by atoms with Crippen molar-refractivity contribution in [3.05, 3.63) is 59.7 Å². The van der Waals surface area contributed by atoms with Crippen LogP contribution in [0, 0.1) is 0 Å². The number of nitrogens with one attached hydrogen (secondary N) is 1. The molecule has 0 atom stereocenters. The molecule has 0 aromatic heterocycles. The first-order valence-corrected chi connectivity index (χ1v) is 8.11. The van der Waals surface area contributed by atoms with Gasteiger partial charge in [0.05, 0.1) is 6.54 Å². The first kappa shape index (κ1) is 18.7. The zero-order valence-electron chi connectivity index (χ0n) is 14.4. The molecule has 0 saturated heterocycles. The summed E-state index contributed by atoms with van der Waals surface area (Å²) in [5, 5.41) is 3.06. The smallest absolute Gasteiger partial charge is 0.272 e. The second kappa shape index (κ2) is 9.01. The Morgan fingerprint density at radius 1 is 1.16 bits per heavy atom. The number of aliphatic imine (C=N–C) groups is 1. The Bertz CT molecular complexity index is 717. The van der Waals surface area contributed by atoms with Crippen molar-refractivity contribution in [3.63, 3.8) is 0 Å². The lowest BCUT2D eigenvalue weighted by Gasteiger charge is -2.10. The minimum atomic E-state index is -2.50. The van der Waals surface area contributed by atoms with Crippen LogP contribution in [0.25, 0.3) is 0 Å². The number of rotatable bonds is 7. The molecule has 6 heteroatoms. The lowest BCUT2D eigenvalue weighted by molar-refractivity contribution is 0.0818. The molecule has 3 N–H and O–H groups in total. The van der Waals surface area contributed by atoms with Crippen LogP contribution in [0.4, 0.5) is 14.5 Å². The molecule has 134 valence electrons. The number of ether oxygens (including phenoxy) is 1. The first-order valence-electron chi connectivity index (χ1n) is 8.11. The molecule has 0 radical (unpaired) electrons. The molecule has 2 aromatic carbocycles. The fraction of sp³-hybridized carbons (Fsp3) is 0.316. The van der Waals surface area contributed by atoms with Crippen molar-refractivity contribution in [2.75, 3.05) is 11.9 Å². The van der Waals surface area contributed by atoms with Crippen molar-refractivity contribution >= 4 is 11.6 Å². The summed E-state index contributed by atoms with van der Waals surface area (Å²) in [5.74, 6) is 1.11. The van der Waals surface area contributed by atoms with E-state index in [0.717, 1.165) is 11.3 Å². The van der Waals surface area contributed by atoms with E-state index in [1.807, 2.05) is 24.3 Å². The van der Waals surface area contributed by atoms with Gasteiger partial charge in [-0.15, -0.1) is 0 Å². The molecular weight excluding hydrogens is 324 g/mol. The second-order valence-electron chi connectivity index (χ2n) is 5.96. The molecule has 2 rings (SSSR count). The standard InChI is InChI=1S/C19H23F2N3O/c1-13(2)15-6-4-7-16(10-15)24-19(22)23-11-14-5-3-8-17(9-14)25-12-18(20)21/h3-10,13,18H,11-12H2,1-2H3,(H3,22,23,24). The molecule has 0 aliphatic heterocycles. The van der Waals surface area contributed by atoms with Gasteiger partial charge in [-0.3, -0.25) is 0 Å². The lowest BCUT2D eigenvalue weighted by Crippen LogP contribution is -2.22. The Labute approximate surface area is 146 Å². The van der Waals surface area contributed by atoms with Crippen molar-refractivity contribution in [2.24, 2.45) is 10.7 Å². The van der Waals surface area contributed by atoms with Crippen molar-refractivity contribution in [3.8, 4) is 5.75 Å². The number of benzene rings is 2. The summed E-state index contributed by atoms with van der Waals surface area (Å²) in [7, 11) is 0. The van der Waals surface area contributed by atoms with Crippen molar-refractivity contribution in [2.45, 2.75) is 32.7 Å². The molecule has 0 fully saturated rings. The molecule has 0 aliphatic rings. The quantitative estimate of drug-likeness (QED) is 0.577. The van der Waals surface area contributed by atoms with Crippen LogP contribution in [0.2, 0.25) is 0 Å². The molecule has 0 unspecified atom stereocenters. The van der Waals surface area contributed by atoms with Crippen molar-refractivity contribution in [1.29, 1.82) is 0 Å². The average Bonchev–Trinajstić information content (AvgIpc) is 2.59. The van der Waals surface area contributed by atoms with E-state index in [4.69, 9.17) is 10.5 Å². The Balaban J connectivity index is 1.96. The highest BCUT2D eigenvalue weighted by molar-refractivity contribution is 5.92. The SMILES string of the molecule is CC(C)c1cccc(NC(N)=NCc2cccc(OCC(F)F)c2)c1. The molecular formula is C19H23F2N3O. The predicted octanol–water partition coefficient (Wildman–Crippen LogP) is 4.38. The molecule has 0 bridgehead atoms. The number of hydrogen-bond acceptors (Lipinski definition) is 2. The van der Waals surface area contributed by atoms with E-state index in [1.165, 1.54) is 5.56 Å². The molecule has 2 aromatic rings. The Kier molecular flexibility index (Phi) is 6.74. The maximum atomic E-state index is 12.2. The van der Waals surface area contributed by atoms with Gasteiger partial charge in [-0.05, 0) is 41.3 Å². The highest BCUT2D eigenvalue weighted by atomic mass is 19.3. The second-order valence-corrected chi connectivity index (χ2v) is 5.96. The number of guanidine groups is 1. The summed E-state index contributed by atoms with van der Waals surface area (Å²) in [6, 6.07) is 14.9. The van der Waals surface area contributed by atoms with Gasteiger partial charge >= 0.3 is 0 Å². The normalized spacial score (nSPS) is 11.8. The minimum absolute atomic E-state index is 0.291. The van der Waals surface area contributed by atoms with Gasteiger partial charge < -0.3 is 15.8 Å². The lowest BCUT2D eigenvalue weighted by atomic mass is 10.0. The van der Waals surface area contributed by atoms with Gasteiger partial charge in [0.25, 0.3) is 6.43 Å². The van der Waals surface area contributed by atoms with Crippen LogP contribution in [-0.2, 0) is 6.54 Å². The Morgan fingerprint density at radius 3 is 2.64 bits per heavy atom. The number of hydrogen-bond donors (Lipinski definition) is 2. The van der Waals surface area contributed by atoms with Crippen LogP contribution in [0.15, 0.2) is 53.5 Å². The van der Waals surface area contributed by atoms with Crippen molar-refractivity contribution < 1.29 is 13.5 Å². The summed E-state index contributed by atoms with van der Waals surface area (Å²) >= 11 is 0. The molecule has 0 amide bonds. The summed E-state index contributed by atoms with van der Waals surface area (Å²) in [5.41, 5.74) is 8.84. The largest absolute Gasteiger partial charge is 0.488 e. The van der Waals surface area contributed by atoms with E-state index >= 15 is 0 Å². The van der Waals surface area contributed by atoms with Gasteiger partial charge in [0.15, 0.2) is 5.96 Å². The van der Waals surface area contributed by atoms with Gasteiger partial charge in [0, 0.05) is 5.69 Å². The summed E-state index contributed by atoms with van der Waals surface area (Å²) in [4.78, 5) is 4.28. The van der Waals surface area contributed by atoms with E-state index < -0.39 is 13.0 Å². The fourth-order valence-corrected chi connectivity index (χ4v) is 2.23. The zero-order chi connectivity index (χ0) is 18.2. The van der Waals surface area contributed by atoms with Crippen LogP contribution in [0.3, 0.4) is 0 Å². The minimum Gasteiger partial charge on any atom is -0.488 e. The van der Waals surface area contributed by atoms with E-state index in [-0.39, 0.29) is 0 Å². The van der Waals surface area contributed by atoms with E-state index in [2.05, 4.69) is 30.2 Å². The summed E-state index contributed by atoms with van der Waals surface area (Å²) in [6.07, 6.45) is -2.50. The first-order chi connectivity index (χ1) is 11.9. The summed E-state index contributed by atoms with van der Waals surface area (Å²) in [6.45, 7) is 3.95. The zero-order valence-corrected chi connectivity index (χ0v) is 14.4. The van der Waals surface area contributed by atoms with E-state index in [0.29, 0.717) is 24.2 Å². The van der Waals surface area contributed by atoms with E-state index in [9.17, 15) is 8.78 Å². The highest BCUT2D eigenvalue weighted by Crippen LogP contribution is 2.18. The number of alkyl halides is 2. The third-order valence-corrected chi connectivity index (χ3v) is 3.53. The van der Waals surface area contributed by atoms with Crippen LogP contribution in [0.5, 0.6) is 5.75 Å². The van der Waals surface area contributed by atoms with Gasteiger partial charge in [0.2, 0.25) is 0 Å². The van der Waals surface area contributed by atoms with Gasteiger partial charge in [-0.2, -0.15) is 0 Å². The van der Waals surface area contributed by atoms with Crippen LogP contribution in [-0.4, -0.2) is 19.0 Å². The topological polar surface area (TPSA) is 59.6 Å². The van der Waals surface area contributed by atoms with Crippen LogP contribution >= 0.6 is 0 Å². The Hall–Kier alpha value is -2.63. The number of halogens is 2. The predicted molar refractivity (Wildman–Crippen MR) is 97.4 cm³/mol. The van der Waals surface area contributed by atoms with Crippen LogP contribution in [0.1, 0.15) is 30.9 Å². The van der Waals surface area contributed by atoms with Crippen LogP contribution < -0.4 is 15.8 Å². The molecule has 0 spiro atoms. The molecule has 0 aliphatic carbocycles. The monoisotopic (exact) mass is 347 g/mol. The number of nitrogens with two attached hydrogens (primary N) is 1. The number of anilines is 1. The van der Waals surface area contributed by atoms with Gasteiger partial charge in [-0.25, -0.2) is 13.8 Å². The molecule has 0 saturated carbocycles. The molecule has 25 heavy (non-hydrogen) atoms. The van der Waals surface area contributed by atoms with E-state index in [1.54, 1.807) is 18.2 Å². The average molecular weight is 347 g/mol. The number of nitrogens with zero attached hydrogens (tertiary/aromatic N) is 1. The third-order valence-electron chi connectivity index (χ3n) is 3.53. The Morgan fingerprint density at radius 2 is 1.92 bits per heavy atom. The maximum Gasteiger partial charge on any atom is 0.272 e. The third kappa shape index (κ3) is 6.41. The maximum absolute atomic E-state index is 12.2. The van der Waals surface area contributed by atoms with Crippen molar-refractivity contribution in [1.82, 2.24) is 0 Å². The van der Waals surface area contributed by atoms with Gasteiger partial charge in [-0.1, -0.05) is 38.1 Å². The summed E-state index contributed by atoms with van der Waals surface area (Å²) < 4.78 is 29.4.